The highest BCUT2D eigenvalue weighted by molar-refractivity contribution is 6.33. The average Bonchev–Trinajstić information content (AvgIpc) is 2.37. The molecule has 1 saturated heterocycles. The maximum Gasteiger partial charge on any atom is 0.125 e. The van der Waals surface area contributed by atoms with Gasteiger partial charge in [-0.2, -0.15) is 0 Å². The molecule has 0 radical (unpaired) electrons. The molecule has 0 atom stereocenters. The van der Waals surface area contributed by atoms with Crippen molar-refractivity contribution in [2.45, 2.75) is 18.4 Å². The van der Waals surface area contributed by atoms with Gasteiger partial charge in [0.2, 0.25) is 0 Å². The van der Waals surface area contributed by atoms with Crippen LogP contribution >= 0.6 is 11.6 Å². The Morgan fingerprint density at radius 2 is 2.11 bits per heavy atom. The summed E-state index contributed by atoms with van der Waals surface area (Å²) in [5, 5.41) is 3.88. The van der Waals surface area contributed by atoms with E-state index in [-0.39, 0.29) is 11.4 Å². The number of hydrogen-bond acceptors (Lipinski definition) is 3. The number of nitrogens with two attached hydrogens (primary N) is 1. The minimum absolute atomic E-state index is 0.177. The summed E-state index contributed by atoms with van der Waals surface area (Å²) in [6.45, 7) is 2.49. The van der Waals surface area contributed by atoms with Crippen molar-refractivity contribution in [2.75, 3.05) is 32.0 Å². The Morgan fingerprint density at radius 3 is 2.72 bits per heavy atom. The van der Waals surface area contributed by atoms with E-state index in [4.69, 9.17) is 17.3 Å². The molecule has 1 aromatic carbocycles. The third kappa shape index (κ3) is 2.94. The highest BCUT2D eigenvalue weighted by Crippen LogP contribution is 2.30. The molecular formula is C13H19ClFN3. The zero-order valence-electron chi connectivity index (χ0n) is 10.5. The van der Waals surface area contributed by atoms with Crippen LogP contribution in [0.25, 0.3) is 0 Å². The number of halogens is 2. The van der Waals surface area contributed by atoms with Crippen LogP contribution in [0.5, 0.6) is 0 Å². The zero-order valence-corrected chi connectivity index (χ0v) is 11.3. The van der Waals surface area contributed by atoms with Gasteiger partial charge in [-0.05, 0) is 38.1 Å². The Kier molecular flexibility index (Phi) is 4.10. The molecule has 100 valence electrons. The highest BCUT2D eigenvalue weighted by atomic mass is 35.5. The van der Waals surface area contributed by atoms with E-state index in [0.717, 1.165) is 25.9 Å². The zero-order chi connectivity index (χ0) is 13.2. The lowest BCUT2D eigenvalue weighted by molar-refractivity contribution is 0.209. The van der Waals surface area contributed by atoms with Crippen LogP contribution in [0.3, 0.4) is 0 Å². The second-order valence-corrected chi connectivity index (χ2v) is 5.44. The minimum atomic E-state index is -0.290. The molecule has 1 heterocycles. The molecule has 18 heavy (non-hydrogen) atoms. The van der Waals surface area contributed by atoms with Crippen LogP contribution in [0.1, 0.15) is 12.8 Å². The van der Waals surface area contributed by atoms with Gasteiger partial charge in [-0.1, -0.05) is 11.6 Å². The van der Waals surface area contributed by atoms with Gasteiger partial charge in [0.15, 0.2) is 0 Å². The summed E-state index contributed by atoms with van der Waals surface area (Å²) in [6, 6.07) is 4.35. The quantitative estimate of drug-likeness (QED) is 0.887. The van der Waals surface area contributed by atoms with Crippen LogP contribution in [-0.2, 0) is 0 Å². The van der Waals surface area contributed by atoms with Crippen LogP contribution in [0, 0.1) is 5.82 Å². The molecule has 0 amide bonds. The molecular weight excluding hydrogens is 253 g/mol. The monoisotopic (exact) mass is 271 g/mol. The lowest BCUT2D eigenvalue weighted by Gasteiger charge is -2.41. The van der Waals surface area contributed by atoms with Crippen LogP contribution in [0.4, 0.5) is 10.1 Å². The molecule has 0 aliphatic carbocycles. The number of hydrogen-bond donors (Lipinski definition) is 2. The Morgan fingerprint density at radius 1 is 1.44 bits per heavy atom. The van der Waals surface area contributed by atoms with Gasteiger partial charge >= 0.3 is 0 Å². The van der Waals surface area contributed by atoms with E-state index in [1.165, 1.54) is 12.1 Å². The van der Waals surface area contributed by atoms with E-state index in [2.05, 4.69) is 17.3 Å². The summed E-state index contributed by atoms with van der Waals surface area (Å²) >= 11 is 6.08. The lowest BCUT2D eigenvalue weighted by atomic mass is 9.87. The van der Waals surface area contributed by atoms with Gasteiger partial charge in [-0.15, -0.1) is 0 Å². The number of likely N-dealkylation sites (tertiary alicyclic amines) is 1. The number of rotatable bonds is 3. The summed E-state index contributed by atoms with van der Waals surface area (Å²) in [7, 11) is 2.09. The van der Waals surface area contributed by atoms with E-state index in [1.54, 1.807) is 6.07 Å². The summed E-state index contributed by atoms with van der Waals surface area (Å²) in [5.74, 6) is -0.290. The van der Waals surface area contributed by atoms with Gasteiger partial charge < -0.3 is 16.0 Å². The van der Waals surface area contributed by atoms with E-state index < -0.39 is 0 Å². The first-order valence-corrected chi connectivity index (χ1v) is 6.54. The van der Waals surface area contributed by atoms with Crippen LogP contribution < -0.4 is 11.1 Å². The third-order valence-corrected chi connectivity index (χ3v) is 3.99. The van der Waals surface area contributed by atoms with Gasteiger partial charge in [0, 0.05) is 19.6 Å². The van der Waals surface area contributed by atoms with E-state index in [0.29, 0.717) is 17.3 Å². The Hall–Kier alpha value is -0.840. The summed E-state index contributed by atoms with van der Waals surface area (Å²) in [5.41, 5.74) is 6.36. The normalized spacial score (nSPS) is 19.8. The van der Waals surface area contributed by atoms with Crippen molar-refractivity contribution in [3.63, 3.8) is 0 Å². The van der Waals surface area contributed by atoms with Crippen molar-refractivity contribution in [3.8, 4) is 0 Å². The molecule has 1 aliphatic heterocycles. The van der Waals surface area contributed by atoms with Crippen molar-refractivity contribution in [1.82, 2.24) is 4.90 Å². The first kappa shape index (κ1) is 13.6. The molecule has 5 heteroatoms. The standard InChI is InChI=1S/C13H19ClFN3/c1-18-6-4-13(9-16,5-7-18)17-12-8-10(15)2-3-11(12)14/h2-3,8,17H,4-7,9,16H2,1H3. The number of nitrogens with one attached hydrogen (secondary N) is 1. The SMILES string of the molecule is CN1CCC(CN)(Nc2cc(F)ccc2Cl)CC1. The summed E-state index contributed by atoms with van der Waals surface area (Å²) < 4.78 is 13.3. The third-order valence-electron chi connectivity index (χ3n) is 3.66. The fourth-order valence-electron chi connectivity index (χ4n) is 2.31. The molecule has 0 saturated carbocycles. The fraction of sp³-hybridized carbons (Fsp3) is 0.538. The molecule has 3 N–H and O–H groups in total. The van der Waals surface area contributed by atoms with Crippen molar-refractivity contribution < 1.29 is 4.39 Å². The largest absolute Gasteiger partial charge is 0.377 e. The lowest BCUT2D eigenvalue weighted by Crippen LogP contribution is -2.53. The average molecular weight is 272 g/mol. The minimum Gasteiger partial charge on any atom is -0.377 e. The second-order valence-electron chi connectivity index (χ2n) is 5.04. The molecule has 0 aromatic heterocycles. The maximum absolute atomic E-state index is 13.3. The van der Waals surface area contributed by atoms with Gasteiger partial charge in [0.05, 0.1) is 16.2 Å². The molecule has 1 aromatic rings. The van der Waals surface area contributed by atoms with Crippen LogP contribution in [0.15, 0.2) is 18.2 Å². The smallest absolute Gasteiger partial charge is 0.125 e. The first-order chi connectivity index (χ1) is 8.54. The van der Waals surface area contributed by atoms with Crippen molar-refractivity contribution >= 4 is 17.3 Å². The molecule has 1 fully saturated rings. The first-order valence-electron chi connectivity index (χ1n) is 6.16. The molecule has 0 bridgehead atoms. The molecule has 0 spiro atoms. The predicted molar refractivity (Wildman–Crippen MR) is 73.5 cm³/mol. The van der Waals surface area contributed by atoms with Crippen molar-refractivity contribution in [1.29, 1.82) is 0 Å². The Bertz CT molecular complexity index is 417. The molecule has 2 rings (SSSR count). The van der Waals surface area contributed by atoms with Gasteiger partial charge in [-0.3, -0.25) is 0 Å². The highest BCUT2D eigenvalue weighted by Gasteiger charge is 2.32. The van der Waals surface area contributed by atoms with Crippen molar-refractivity contribution in [2.24, 2.45) is 5.73 Å². The van der Waals surface area contributed by atoms with E-state index in [1.807, 2.05) is 0 Å². The summed E-state index contributed by atoms with van der Waals surface area (Å²) in [6.07, 6.45) is 1.87. The summed E-state index contributed by atoms with van der Waals surface area (Å²) in [4.78, 5) is 2.27. The van der Waals surface area contributed by atoms with Crippen LogP contribution in [0.2, 0.25) is 5.02 Å². The Labute approximate surface area is 112 Å². The number of benzene rings is 1. The number of anilines is 1. The van der Waals surface area contributed by atoms with Gasteiger partial charge in [0.25, 0.3) is 0 Å². The topological polar surface area (TPSA) is 41.3 Å². The van der Waals surface area contributed by atoms with Crippen molar-refractivity contribution in [3.05, 3.63) is 29.0 Å². The Balaban J connectivity index is 2.17. The maximum atomic E-state index is 13.3. The number of nitrogens with zero attached hydrogens (tertiary/aromatic N) is 1. The fourth-order valence-corrected chi connectivity index (χ4v) is 2.47. The van der Waals surface area contributed by atoms with Gasteiger partial charge in [0.1, 0.15) is 5.82 Å². The second kappa shape index (κ2) is 5.43. The molecule has 0 unspecified atom stereocenters. The predicted octanol–water partition coefficient (Wildman–Crippen LogP) is 2.31. The van der Waals surface area contributed by atoms with Crippen LogP contribution in [-0.4, -0.2) is 37.1 Å². The van der Waals surface area contributed by atoms with Gasteiger partial charge in [-0.25, -0.2) is 4.39 Å². The van der Waals surface area contributed by atoms with E-state index >= 15 is 0 Å². The molecule has 3 nitrogen and oxygen atoms in total. The number of piperidine rings is 1. The van der Waals surface area contributed by atoms with E-state index in [9.17, 15) is 4.39 Å². The molecule has 1 aliphatic rings.